The summed E-state index contributed by atoms with van der Waals surface area (Å²) in [6.07, 6.45) is 1.41. The van der Waals surface area contributed by atoms with Crippen LogP contribution >= 0.6 is 12.4 Å². The Morgan fingerprint density at radius 1 is 1.30 bits per heavy atom. The van der Waals surface area contributed by atoms with Gasteiger partial charge in [0, 0.05) is 24.2 Å². The fourth-order valence-corrected chi connectivity index (χ4v) is 2.64. The Morgan fingerprint density at radius 2 is 2.04 bits per heavy atom. The van der Waals surface area contributed by atoms with Crippen molar-refractivity contribution in [2.45, 2.75) is 37.3 Å². The molecule has 150 valence electrons. The van der Waals surface area contributed by atoms with Gasteiger partial charge in [0.1, 0.15) is 0 Å². The summed E-state index contributed by atoms with van der Waals surface area (Å²) in [5, 5.41) is 7.87. The van der Waals surface area contributed by atoms with Gasteiger partial charge in [-0.25, -0.2) is 8.78 Å². The smallest absolute Gasteiger partial charge is 0.262 e. The van der Waals surface area contributed by atoms with E-state index in [-0.39, 0.29) is 36.7 Å². The average Bonchev–Trinajstić information content (AvgIpc) is 3.33. The predicted octanol–water partition coefficient (Wildman–Crippen LogP) is 1.71. The second-order valence-corrected chi connectivity index (χ2v) is 6.48. The molecule has 0 bridgehead atoms. The van der Waals surface area contributed by atoms with Gasteiger partial charge < -0.3 is 20.1 Å². The molecule has 1 heterocycles. The van der Waals surface area contributed by atoms with Crippen LogP contribution in [-0.2, 0) is 9.59 Å². The Hall–Kier alpha value is -2.13. The number of alkyl halides is 2. The van der Waals surface area contributed by atoms with Crippen molar-refractivity contribution < 1.29 is 27.8 Å². The van der Waals surface area contributed by atoms with E-state index in [1.54, 1.807) is 12.1 Å². The highest BCUT2D eigenvalue weighted by molar-refractivity contribution is 5.95. The molecule has 1 saturated heterocycles. The number of carbonyl (C=O) groups excluding carboxylic acids is 2. The largest absolute Gasteiger partial charge is 0.493 e. The first-order valence-corrected chi connectivity index (χ1v) is 8.38. The van der Waals surface area contributed by atoms with E-state index in [0.29, 0.717) is 11.4 Å². The SMILES string of the molecule is COc1ccc(NC(=O)C2CC(F)(F)CN2)cc1OCC(=O)NC1CC1.Cl. The van der Waals surface area contributed by atoms with Crippen molar-refractivity contribution in [2.75, 3.05) is 25.6 Å². The van der Waals surface area contributed by atoms with Crippen LogP contribution in [0.4, 0.5) is 14.5 Å². The lowest BCUT2D eigenvalue weighted by Gasteiger charge is -2.14. The molecule has 1 unspecified atom stereocenters. The highest BCUT2D eigenvalue weighted by Crippen LogP contribution is 2.31. The van der Waals surface area contributed by atoms with Gasteiger partial charge in [0.15, 0.2) is 18.1 Å². The van der Waals surface area contributed by atoms with E-state index in [9.17, 15) is 18.4 Å². The Labute approximate surface area is 161 Å². The highest BCUT2D eigenvalue weighted by Gasteiger charge is 2.42. The zero-order valence-corrected chi connectivity index (χ0v) is 15.5. The van der Waals surface area contributed by atoms with Gasteiger partial charge in [-0.15, -0.1) is 12.4 Å². The Bertz CT molecular complexity index is 701. The monoisotopic (exact) mass is 405 g/mol. The first-order valence-electron chi connectivity index (χ1n) is 8.38. The number of anilines is 1. The van der Waals surface area contributed by atoms with Crippen LogP contribution in [0.5, 0.6) is 11.5 Å². The summed E-state index contributed by atoms with van der Waals surface area (Å²) in [6, 6.07) is 3.91. The van der Waals surface area contributed by atoms with Crippen LogP contribution in [0.25, 0.3) is 0 Å². The van der Waals surface area contributed by atoms with E-state index in [0.717, 1.165) is 12.8 Å². The molecular weight excluding hydrogens is 384 g/mol. The van der Waals surface area contributed by atoms with Gasteiger partial charge in [-0.3, -0.25) is 14.9 Å². The summed E-state index contributed by atoms with van der Waals surface area (Å²) in [4.78, 5) is 23.9. The zero-order valence-electron chi connectivity index (χ0n) is 14.7. The fourth-order valence-electron chi connectivity index (χ4n) is 2.64. The van der Waals surface area contributed by atoms with Crippen molar-refractivity contribution in [3.63, 3.8) is 0 Å². The topological polar surface area (TPSA) is 88.7 Å². The summed E-state index contributed by atoms with van der Waals surface area (Å²) in [5.74, 6) is -3.00. The third-order valence-electron chi connectivity index (χ3n) is 4.16. The van der Waals surface area contributed by atoms with E-state index in [1.165, 1.54) is 13.2 Å². The molecular formula is C17H22ClF2N3O4. The minimum Gasteiger partial charge on any atom is -0.493 e. The molecule has 1 saturated carbocycles. The van der Waals surface area contributed by atoms with Gasteiger partial charge in [0.05, 0.1) is 19.7 Å². The van der Waals surface area contributed by atoms with Crippen molar-refractivity contribution in [3.8, 4) is 11.5 Å². The van der Waals surface area contributed by atoms with Crippen LogP contribution in [0.3, 0.4) is 0 Å². The number of rotatable bonds is 7. The van der Waals surface area contributed by atoms with E-state index < -0.39 is 30.8 Å². The second kappa shape index (κ2) is 8.71. The van der Waals surface area contributed by atoms with Gasteiger partial charge in [-0.2, -0.15) is 0 Å². The Kier molecular flexibility index (Phi) is 6.83. The molecule has 1 aromatic carbocycles. The number of hydrogen-bond acceptors (Lipinski definition) is 5. The van der Waals surface area contributed by atoms with Gasteiger partial charge in [-0.1, -0.05) is 0 Å². The molecule has 1 aliphatic heterocycles. The molecule has 2 fully saturated rings. The second-order valence-electron chi connectivity index (χ2n) is 6.48. The zero-order chi connectivity index (χ0) is 18.7. The maximum absolute atomic E-state index is 13.2. The number of ether oxygens (including phenoxy) is 2. The summed E-state index contributed by atoms with van der Waals surface area (Å²) in [6.45, 7) is -0.696. The number of carbonyl (C=O) groups is 2. The summed E-state index contributed by atoms with van der Waals surface area (Å²) in [7, 11) is 1.45. The number of benzene rings is 1. The number of hydrogen-bond donors (Lipinski definition) is 3. The summed E-state index contributed by atoms with van der Waals surface area (Å²) < 4.78 is 37.1. The van der Waals surface area contributed by atoms with Crippen LogP contribution in [0.15, 0.2) is 18.2 Å². The van der Waals surface area contributed by atoms with E-state index in [4.69, 9.17) is 9.47 Å². The lowest BCUT2D eigenvalue weighted by atomic mass is 10.1. The van der Waals surface area contributed by atoms with Gasteiger partial charge in [0.2, 0.25) is 5.91 Å². The number of methoxy groups -OCH3 is 1. The van der Waals surface area contributed by atoms with E-state index in [2.05, 4.69) is 16.0 Å². The maximum atomic E-state index is 13.2. The van der Waals surface area contributed by atoms with Crippen LogP contribution in [0.1, 0.15) is 19.3 Å². The lowest BCUT2D eigenvalue weighted by molar-refractivity contribution is -0.123. The highest BCUT2D eigenvalue weighted by atomic mass is 35.5. The van der Waals surface area contributed by atoms with Gasteiger partial charge >= 0.3 is 0 Å². The van der Waals surface area contributed by atoms with E-state index in [1.807, 2.05) is 0 Å². The van der Waals surface area contributed by atoms with Crippen molar-refractivity contribution in [1.29, 1.82) is 0 Å². The molecule has 3 rings (SSSR count). The number of nitrogens with one attached hydrogen (secondary N) is 3. The normalized spacial score (nSPS) is 20.3. The average molecular weight is 406 g/mol. The number of amides is 2. The van der Waals surface area contributed by atoms with Crippen LogP contribution in [0.2, 0.25) is 0 Å². The van der Waals surface area contributed by atoms with Gasteiger partial charge in [0.25, 0.3) is 11.8 Å². The van der Waals surface area contributed by atoms with Crippen LogP contribution in [0, 0.1) is 0 Å². The minimum absolute atomic E-state index is 0. The molecule has 2 aliphatic rings. The first kappa shape index (κ1) is 21.2. The Morgan fingerprint density at radius 3 is 2.63 bits per heavy atom. The van der Waals surface area contributed by atoms with Crippen molar-refractivity contribution in [2.24, 2.45) is 0 Å². The summed E-state index contributed by atoms with van der Waals surface area (Å²) >= 11 is 0. The van der Waals surface area contributed by atoms with Crippen LogP contribution in [-0.4, -0.2) is 50.1 Å². The maximum Gasteiger partial charge on any atom is 0.262 e. The standard InChI is InChI=1S/C17H21F2N3O4.ClH/c1-25-13-5-4-11(22-16(24)12-7-17(18,19)9-20-12)6-14(13)26-8-15(23)21-10-2-3-10;/h4-6,10,12,20H,2-3,7-9H2,1H3,(H,21,23)(H,22,24);1H. The molecule has 0 spiro atoms. The molecule has 2 amide bonds. The Balaban J connectivity index is 0.00000261. The molecule has 0 radical (unpaired) electrons. The molecule has 1 aliphatic carbocycles. The quantitative estimate of drug-likeness (QED) is 0.642. The summed E-state index contributed by atoms with van der Waals surface area (Å²) in [5.41, 5.74) is 0.366. The molecule has 1 atom stereocenters. The minimum atomic E-state index is -2.88. The number of halogens is 3. The lowest BCUT2D eigenvalue weighted by Crippen LogP contribution is -2.35. The molecule has 1 aromatic rings. The van der Waals surface area contributed by atoms with E-state index >= 15 is 0 Å². The first-order chi connectivity index (χ1) is 12.4. The molecule has 3 N–H and O–H groups in total. The molecule has 27 heavy (non-hydrogen) atoms. The molecule has 0 aromatic heterocycles. The third kappa shape index (κ3) is 5.93. The van der Waals surface area contributed by atoms with Gasteiger partial charge in [-0.05, 0) is 25.0 Å². The fraction of sp³-hybridized carbons (Fsp3) is 0.529. The third-order valence-corrected chi connectivity index (χ3v) is 4.16. The predicted molar refractivity (Wildman–Crippen MR) is 96.9 cm³/mol. The van der Waals surface area contributed by atoms with Crippen molar-refractivity contribution in [1.82, 2.24) is 10.6 Å². The van der Waals surface area contributed by atoms with Crippen LogP contribution < -0.4 is 25.4 Å². The van der Waals surface area contributed by atoms with Crippen molar-refractivity contribution in [3.05, 3.63) is 18.2 Å². The molecule has 10 heteroatoms. The molecule has 7 nitrogen and oxygen atoms in total. The van der Waals surface area contributed by atoms with Crippen molar-refractivity contribution >= 4 is 29.9 Å².